The summed E-state index contributed by atoms with van der Waals surface area (Å²) in [6.07, 6.45) is 8.54. The molecular weight excluding hydrogens is 208 g/mol. The molecule has 2 fully saturated rings. The first-order valence-electron chi connectivity index (χ1n) is 7.64. The van der Waals surface area contributed by atoms with Gasteiger partial charge in [-0.2, -0.15) is 0 Å². The van der Waals surface area contributed by atoms with Gasteiger partial charge in [0.15, 0.2) is 0 Å². The lowest BCUT2D eigenvalue weighted by Crippen LogP contribution is -2.59. The van der Waals surface area contributed by atoms with Crippen molar-refractivity contribution in [2.24, 2.45) is 5.92 Å². The highest BCUT2D eigenvalue weighted by atomic mass is 15.2. The van der Waals surface area contributed by atoms with Crippen molar-refractivity contribution < 1.29 is 0 Å². The van der Waals surface area contributed by atoms with Crippen molar-refractivity contribution in [3.63, 3.8) is 0 Å². The molecule has 1 atom stereocenters. The smallest absolute Gasteiger partial charge is 0.0308 e. The summed E-state index contributed by atoms with van der Waals surface area (Å²) in [5.74, 6) is 0.938. The summed E-state index contributed by atoms with van der Waals surface area (Å²) in [7, 11) is 0. The average molecular weight is 238 g/mol. The van der Waals surface area contributed by atoms with Crippen molar-refractivity contribution in [1.29, 1.82) is 0 Å². The van der Waals surface area contributed by atoms with Crippen molar-refractivity contribution in [3.05, 3.63) is 0 Å². The van der Waals surface area contributed by atoms with Gasteiger partial charge in [-0.05, 0) is 65.1 Å². The lowest BCUT2D eigenvalue weighted by molar-refractivity contribution is 0.0755. The molecule has 0 aromatic carbocycles. The van der Waals surface area contributed by atoms with E-state index in [1.54, 1.807) is 0 Å². The summed E-state index contributed by atoms with van der Waals surface area (Å²) < 4.78 is 0. The molecular formula is C15H30N2. The monoisotopic (exact) mass is 238 g/mol. The van der Waals surface area contributed by atoms with E-state index in [1.807, 2.05) is 0 Å². The Morgan fingerprint density at radius 1 is 1.12 bits per heavy atom. The lowest BCUT2D eigenvalue weighted by Gasteiger charge is -2.44. The molecule has 0 aromatic heterocycles. The zero-order valence-corrected chi connectivity index (χ0v) is 12.0. The van der Waals surface area contributed by atoms with E-state index in [4.69, 9.17) is 0 Å². The quantitative estimate of drug-likeness (QED) is 0.792. The van der Waals surface area contributed by atoms with Crippen LogP contribution in [0.3, 0.4) is 0 Å². The molecule has 2 rings (SSSR count). The highest BCUT2D eigenvalue weighted by molar-refractivity contribution is 5.01. The second kappa shape index (κ2) is 5.71. The first-order chi connectivity index (χ1) is 8.16. The Bertz CT molecular complexity index is 225. The Balaban J connectivity index is 2.02. The Kier molecular flexibility index (Phi) is 4.48. The van der Waals surface area contributed by atoms with Crippen LogP contribution in [0.1, 0.15) is 59.3 Å². The number of likely N-dealkylation sites (N-methyl/N-ethyl adjacent to an activating group) is 1. The zero-order chi connectivity index (χ0) is 12.3. The molecule has 0 amide bonds. The molecule has 0 aromatic rings. The molecule has 17 heavy (non-hydrogen) atoms. The fraction of sp³-hybridized carbons (Fsp3) is 1.00. The van der Waals surface area contributed by atoms with Crippen LogP contribution in [0.5, 0.6) is 0 Å². The summed E-state index contributed by atoms with van der Waals surface area (Å²) >= 11 is 0. The standard InChI is InChI=1S/C15H30N2/c1-4-16-14(13-9-10-13)15(2,3)17-11-7-5-6-8-12-17/h13-14,16H,4-12H2,1-3H3. The van der Waals surface area contributed by atoms with E-state index in [0.29, 0.717) is 11.6 Å². The van der Waals surface area contributed by atoms with Crippen molar-refractivity contribution in [1.82, 2.24) is 10.2 Å². The third kappa shape index (κ3) is 3.23. The molecule has 0 spiro atoms. The fourth-order valence-corrected chi connectivity index (χ4v) is 3.49. The van der Waals surface area contributed by atoms with Gasteiger partial charge in [0, 0.05) is 11.6 Å². The number of nitrogens with one attached hydrogen (secondary N) is 1. The lowest BCUT2D eigenvalue weighted by atomic mass is 9.88. The average Bonchev–Trinajstić information content (AvgIpc) is 3.11. The molecule has 1 aliphatic carbocycles. The van der Waals surface area contributed by atoms with Crippen LogP contribution in [-0.2, 0) is 0 Å². The van der Waals surface area contributed by atoms with E-state index in [1.165, 1.54) is 51.6 Å². The minimum atomic E-state index is 0.335. The summed E-state index contributed by atoms with van der Waals surface area (Å²) in [5.41, 5.74) is 0.335. The van der Waals surface area contributed by atoms with Gasteiger partial charge < -0.3 is 5.32 Å². The van der Waals surface area contributed by atoms with Crippen molar-refractivity contribution in [3.8, 4) is 0 Å². The molecule has 1 aliphatic heterocycles. The summed E-state index contributed by atoms with van der Waals surface area (Å²) in [6.45, 7) is 10.9. The molecule has 100 valence electrons. The topological polar surface area (TPSA) is 15.3 Å². The minimum Gasteiger partial charge on any atom is -0.312 e. The summed E-state index contributed by atoms with van der Waals surface area (Å²) in [6, 6.07) is 0.700. The molecule has 0 radical (unpaired) electrons. The number of hydrogen-bond donors (Lipinski definition) is 1. The first-order valence-corrected chi connectivity index (χ1v) is 7.64. The minimum absolute atomic E-state index is 0.335. The van der Waals surface area contributed by atoms with Gasteiger partial charge in [-0.15, -0.1) is 0 Å². The maximum Gasteiger partial charge on any atom is 0.0308 e. The number of hydrogen-bond acceptors (Lipinski definition) is 2. The fourth-order valence-electron chi connectivity index (χ4n) is 3.49. The zero-order valence-electron chi connectivity index (χ0n) is 12.0. The van der Waals surface area contributed by atoms with Gasteiger partial charge in [0.1, 0.15) is 0 Å². The van der Waals surface area contributed by atoms with Gasteiger partial charge in [0.25, 0.3) is 0 Å². The molecule has 1 saturated heterocycles. The highest BCUT2D eigenvalue weighted by Crippen LogP contribution is 2.39. The van der Waals surface area contributed by atoms with E-state index in [0.717, 1.165) is 12.5 Å². The third-order valence-electron chi connectivity index (χ3n) is 4.70. The molecule has 1 unspecified atom stereocenters. The van der Waals surface area contributed by atoms with Gasteiger partial charge in [-0.25, -0.2) is 0 Å². The predicted molar refractivity (Wildman–Crippen MR) is 74.3 cm³/mol. The largest absolute Gasteiger partial charge is 0.312 e. The van der Waals surface area contributed by atoms with E-state index >= 15 is 0 Å². The normalized spacial score (nSPS) is 25.6. The van der Waals surface area contributed by atoms with Crippen molar-refractivity contribution in [2.75, 3.05) is 19.6 Å². The van der Waals surface area contributed by atoms with Crippen LogP contribution in [-0.4, -0.2) is 36.1 Å². The predicted octanol–water partition coefficient (Wildman–Crippen LogP) is 3.03. The molecule has 2 heteroatoms. The van der Waals surface area contributed by atoms with Crippen LogP contribution < -0.4 is 5.32 Å². The van der Waals surface area contributed by atoms with Gasteiger partial charge >= 0.3 is 0 Å². The van der Waals surface area contributed by atoms with Crippen LogP contribution in [0.15, 0.2) is 0 Å². The number of nitrogens with zero attached hydrogens (tertiary/aromatic N) is 1. The third-order valence-corrected chi connectivity index (χ3v) is 4.70. The number of rotatable bonds is 5. The number of likely N-dealkylation sites (tertiary alicyclic amines) is 1. The van der Waals surface area contributed by atoms with E-state index < -0.39 is 0 Å². The highest BCUT2D eigenvalue weighted by Gasteiger charge is 2.43. The van der Waals surface area contributed by atoms with Crippen LogP contribution in [0.4, 0.5) is 0 Å². The van der Waals surface area contributed by atoms with Crippen LogP contribution in [0, 0.1) is 5.92 Å². The van der Waals surface area contributed by atoms with Crippen molar-refractivity contribution >= 4 is 0 Å². The second-order valence-corrected chi connectivity index (χ2v) is 6.43. The molecule has 1 N–H and O–H groups in total. The maximum absolute atomic E-state index is 3.76. The van der Waals surface area contributed by atoms with Gasteiger partial charge in [0.05, 0.1) is 0 Å². The Hall–Kier alpha value is -0.0800. The summed E-state index contributed by atoms with van der Waals surface area (Å²) in [4.78, 5) is 2.76. The SMILES string of the molecule is CCNC(C1CC1)C(C)(C)N1CCCCCC1. The van der Waals surface area contributed by atoms with E-state index in [-0.39, 0.29) is 0 Å². The van der Waals surface area contributed by atoms with Crippen molar-refractivity contribution in [2.45, 2.75) is 70.9 Å². The van der Waals surface area contributed by atoms with Gasteiger partial charge in [-0.3, -0.25) is 4.90 Å². The summed E-state index contributed by atoms with van der Waals surface area (Å²) in [5, 5.41) is 3.76. The van der Waals surface area contributed by atoms with Crippen LogP contribution >= 0.6 is 0 Å². The van der Waals surface area contributed by atoms with Crippen LogP contribution in [0.25, 0.3) is 0 Å². The molecule has 2 aliphatic rings. The van der Waals surface area contributed by atoms with Crippen LogP contribution in [0.2, 0.25) is 0 Å². The van der Waals surface area contributed by atoms with Gasteiger partial charge in [0.2, 0.25) is 0 Å². The first kappa shape index (κ1) is 13.4. The Morgan fingerprint density at radius 3 is 2.18 bits per heavy atom. The molecule has 2 nitrogen and oxygen atoms in total. The molecule has 1 heterocycles. The molecule has 1 saturated carbocycles. The van der Waals surface area contributed by atoms with E-state index in [9.17, 15) is 0 Å². The Morgan fingerprint density at radius 2 is 1.71 bits per heavy atom. The second-order valence-electron chi connectivity index (χ2n) is 6.43. The van der Waals surface area contributed by atoms with Gasteiger partial charge in [-0.1, -0.05) is 19.8 Å². The van der Waals surface area contributed by atoms with E-state index in [2.05, 4.69) is 31.0 Å². The molecule has 0 bridgehead atoms. The maximum atomic E-state index is 3.76. The Labute approximate surface area is 107 Å².